The van der Waals surface area contributed by atoms with Crippen molar-refractivity contribution < 1.29 is 4.79 Å². The summed E-state index contributed by atoms with van der Waals surface area (Å²) in [7, 11) is 0. The van der Waals surface area contributed by atoms with E-state index in [-0.39, 0.29) is 11.4 Å². The lowest BCUT2D eigenvalue weighted by atomic mass is 9.78. The van der Waals surface area contributed by atoms with Crippen molar-refractivity contribution in [2.75, 3.05) is 0 Å². The Morgan fingerprint density at radius 1 is 1.56 bits per heavy atom. The highest BCUT2D eigenvalue weighted by molar-refractivity contribution is 7.07. The maximum absolute atomic E-state index is 11.9. The lowest BCUT2D eigenvalue weighted by Gasteiger charge is -2.36. The summed E-state index contributed by atoms with van der Waals surface area (Å²) in [5, 5.41) is 5.05. The van der Waals surface area contributed by atoms with Gasteiger partial charge in [-0.15, -0.1) is 11.3 Å². The molecule has 0 aliphatic heterocycles. The Hall–Kier alpha value is -1.16. The van der Waals surface area contributed by atoms with Gasteiger partial charge in [-0.25, -0.2) is 4.98 Å². The van der Waals surface area contributed by atoms with E-state index in [2.05, 4.69) is 24.1 Å². The average molecular weight is 264 g/mol. The van der Waals surface area contributed by atoms with Crippen LogP contribution in [0.25, 0.3) is 6.08 Å². The zero-order valence-corrected chi connectivity index (χ0v) is 11.8. The minimum Gasteiger partial charge on any atom is -0.347 e. The molecule has 3 nitrogen and oxygen atoms in total. The van der Waals surface area contributed by atoms with Gasteiger partial charge < -0.3 is 5.32 Å². The number of hydrogen-bond donors (Lipinski definition) is 1. The number of nitrogens with zero attached hydrogens (tertiary/aromatic N) is 1. The smallest absolute Gasteiger partial charge is 0.244 e. The highest BCUT2D eigenvalue weighted by Crippen LogP contribution is 2.31. The fourth-order valence-electron chi connectivity index (χ4n) is 2.33. The van der Waals surface area contributed by atoms with Gasteiger partial charge in [-0.05, 0) is 44.6 Å². The third kappa shape index (κ3) is 3.67. The molecule has 1 saturated carbocycles. The first-order valence-electron chi connectivity index (χ1n) is 6.46. The molecule has 0 radical (unpaired) electrons. The van der Waals surface area contributed by atoms with Crippen LogP contribution in [-0.4, -0.2) is 16.4 Å². The summed E-state index contributed by atoms with van der Waals surface area (Å²) < 4.78 is 0. The van der Waals surface area contributed by atoms with Gasteiger partial charge in [0.2, 0.25) is 5.91 Å². The van der Waals surface area contributed by atoms with Gasteiger partial charge in [0.05, 0.1) is 11.2 Å². The molecule has 0 aromatic carbocycles. The zero-order valence-electron chi connectivity index (χ0n) is 11.0. The molecule has 0 bridgehead atoms. The quantitative estimate of drug-likeness (QED) is 0.852. The van der Waals surface area contributed by atoms with Crippen molar-refractivity contribution in [3.05, 3.63) is 22.7 Å². The summed E-state index contributed by atoms with van der Waals surface area (Å²) in [5.74, 6) is 0.778. The van der Waals surface area contributed by atoms with Crippen molar-refractivity contribution in [1.29, 1.82) is 0 Å². The summed E-state index contributed by atoms with van der Waals surface area (Å²) in [4.78, 5) is 16.0. The van der Waals surface area contributed by atoms with Gasteiger partial charge in [0.15, 0.2) is 0 Å². The van der Waals surface area contributed by atoms with Crippen LogP contribution in [0.3, 0.4) is 0 Å². The molecule has 0 unspecified atom stereocenters. The van der Waals surface area contributed by atoms with Gasteiger partial charge in [-0.3, -0.25) is 4.79 Å². The minimum absolute atomic E-state index is 0.0138. The summed E-state index contributed by atoms with van der Waals surface area (Å²) in [6, 6.07) is 0. The maximum Gasteiger partial charge on any atom is 0.244 e. The van der Waals surface area contributed by atoms with Crippen LogP contribution in [0.2, 0.25) is 0 Å². The third-order valence-electron chi connectivity index (χ3n) is 3.66. The first kappa shape index (κ1) is 13.3. The molecule has 1 aliphatic carbocycles. The number of nitrogens with one attached hydrogen (secondary N) is 1. The standard InChI is InChI=1S/C14H20N2OS/c1-11-5-7-14(2,8-6-11)16-13(17)4-3-12-9-18-10-15-12/h3-4,9-11H,5-8H2,1-2H3,(H,16,17)/b4-3-. The first-order valence-corrected chi connectivity index (χ1v) is 7.40. The van der Waals surface area contributed by atoms with E-state index in [1.807, 2.05) is 5.38 Å². The maximum atomic E-state index is 11.9. The Kier molecular flexibility index (Phi) is 4.17. The van der Waals surface area contributed by atoms with Crippen molar-refractivity contribution in [1.82, 2.24) is 10.3 Å². The molecule has 1 N–H and O–H groups in total. The predicted molar refractivity (Wildman–Crippen MR) is 75.3 cm³/mol. The second-order valence-corrected chi connectivity index (χ2v) is 6.20. The van der Waals surface area contributed by atoms with Crippen LogP contribution in [-0.2, 0) is 4.79 Å². The largest absolute Gasteiger partial charge is 0.347 e. The minimum atomic E-state index is -0.0317. The predicted octanol–water partition coefficient (Wildman–Crippen LogP) is 3.24. The van der Waals surface area contributed by atoms with Gasteiger partial charge >= 0.3 is 0 Å². The third-order valence-corrected chi connectivity index (χ3v) is 4.26. The number of rotatable bonds is 3. The highest BCUT2D eigenvalue weighted by Gasteiger charge is 2.30. The van der Waals surface area contributed by atoms with Crippen LogP contribution >= 0.6 is 11.3 Å². The summed E-state index contributed by atoms with van der Waals surface area (Å²) in [6.07, 6.45) is 7.90. The second kappa shape index (κ2) is 5.65. The summed E-state index contributed by atoms with van der Waals surface area (Å²) in [5.41, 5.74) is 2.58. The Labute approximate surface area is 112 Å². The van der Waals surface area contributed by atoms with E-state index in [1.165, 1.54) is 24.2 Å². The SMILES string of the molecule is CC1CCC(C)(NC(=O)/C=C\c2cscn2)CC1. The number of hydrogen-bond acceptors (Lipinski definition) is 3. The lowest BCUT2D eigenvalue weighted by molar-refractivity contribution is -0.118. The van der Waals surface area contributed by atoms with E-state index in [4.69, 9.17) is 0 Å². The summed E-state index contributed by atoms with van der Waals surface area (Å²) in [6.45, 7) is 4.43. The molecule has 0 spiro atoms. The van der Waals surface area contributed by atoms with Gasteiger partial charge in [-0.2, -0.15) is 0 Å². The Morgan fingerprint density at radius 2 is 2.28 bits per heavy atom. The molecule has 2 rings (SSSR count). The van der Waals surface area contributed by atoms with Crippen molar-refractivity contribution in [2.45, 2.75) is 45.1 Å². The van der Waals surface area contributed by atoms with Crippen LogP contribution in [0, 0.1) is 5.92 Å². The molecule has 0 atom stereocenters. The van der Waals surface area contributed by atoms with Crippen molar-refractivity contribution in [3.8, 4) is 0 Å². The molecule has 1 fully saturated rings. The van der Waals surface area contributed by atoms with E-state index in [0.29, 0.717) is 0 Å². The molecule has 1 heterocycles. The zero-order chi connectivity index (χ0) is 13.0. The van der Waals surface area contributed by atoms with E-state index >= 15 is 0 Å². The van der Waals surface area contributed by atoms with Crippen LogP contribution in [0.5, 0.6) is 0 Å². The van der Waals surface area contributed by atoms with Crippen molar-refractivity contribution in [3.63, 3.8) is 0 Å². The molecule has 98 valence electrons. The Bertz CT molecular complexity index is 417. The Balaban J connectivity index is 1.87. The molecule has 1 aromatic heterocycles. The monoisotopic (exact) mass is 264 g/mol. The molecule has 1 aliphatic rings. The molecule has 1 aromatic rings. The number of carbonyl (C=O) groups excluding carboxylic acids is 1. The number of thiazole rings is 1. The molecule has 0 saturated heterocycles. The van der Waals surface area contributed by atoms with Crippen LogP contribution in [0.4, 0.5) is 0 Å². The van der Waals surface area contributed by atoms with Crippen LogP contribution in [0.15, 0.2) is 17.0 Å². The van der Waals surface area contributed by atoms with E-state index in [1.54, 1.807) is 17.7 Å². The normalized spacial score (nSPS) is 28.4. The van der Waals surface area contributed by atoms with E-state index in [9.17, 15) is 4.79 Å². The van der Waals surface area contributed by atoms with Gasteiger partial charge in [0, 0.05) is 17.0 Å². The first-order chi connectivity index (χ1) is 8.57. The van der Waals surface area contributed by atoms with Gasteiger partial charge in [-0.1, -0.05) is 6.92 Å². The topological polar surface area (TPSA) is 42.0 Å². The highest BCUT2D eigenvalue weighted by atomic mass is 32.1. The fraction of sp³-hybridized carbons (Fsp3) is 0.571. The van der Waals surface area contributed by atoms with Gasteiger partial charge in [0.25, 0.3) is 0 Å². The number of amides is 1. The Morgan fingerprint density at radius 3 is 2.89 bits per heavy atom. The van der Waals surface area contributed by atoms with Crippen LogP contribution in [0.1, 0.15) is 45.2 Å². The van der Waals surface area contributed by atoms with Gasteiger partial charge in [0.1, 0.15) is 0 Å². The van der Waals surface area contributed by atoms with E-state index < -0.39 is 0 Å². The molecular formula is C14H20N2OS. The van der Waals surface area contributed by atoms with E-state index in [0.717, 1.165) is 24.5 Å². The lowest BCUT2D eigenvalue weighted by Crippen LogP contribution is -2.47. The van der Waals surface area contributed by atoms with Crippen molar-refractivity contribution >= 4 is 23.3 Å². The average Bonchev–Trinajstić information content (AvgIpc) is 2.84. The number of aromatic nitrogens is 1. The molecule has 1 amide bonds. The molecule has 4 heteroatoms. The fourth-order valence-corrected chi connectivity index (χ4v) is 2.85. The molecular weight excluding hydrogens is 244 g/mol. The molecule has 18 heavy (non-hydrogen) atoms. The number of carbonyl (C=O) groups is 1. The summed E-state index contributed by atoms with van der Waals surface area (Å²) >= 11 is 1.53. The second-order valence-electron chi connectivity index (χ2n) is 5.48. The van der Waals surface area contributed by atoms with Crippen molar-refractivity contribution in [2.24, 2.45) is 5.92 Å². The van der Waals surface area contributed by atoms with Crippen LogP contribution < -0.4 is 5.32 Å².